The van der Waals surface area contributed by atoms with E-state index in [4.69, 9.17) is 0 Å². The Morgan fingerprint density at radius 2 is 1.83 bits per heavy atom. The monoisotopic (exact) mass is 184 g/mol. The molecule has 0 aliphatic heterocycles. The zero-order valence-corrected chi connectivity index (χ0v) is 8.73. The second-order valence-electron chi connectivity index (χ2n) is 3.74. The molecule has 0 aromatic rings. The van der Waals surface area contributed by atoms with Crippen LogP contribution in [-0.2, 0) is 0 Å². The average Bonchev–Trinajstić information content (AvgIpc) is 2.14. The predicted octanol–water partition coefficient (Wildman–Crippen LogP) is 3.83. The van der Waals surface area contributed by atoms with Gasteiger partial charge in [0.2, 0.25) is 0 Å². The highest BCUT2D eigenvalue weighted by Crippen LogP contribution is 2.27. The Balaban J connectivity index is 2.01. The Labute approximate surface area is 81.8 Å². The Kier molecular flexibility index (Phi) is 5.59. The van der Waals surface area contributed by atoms with Crippen LogP contribution in [0.2, 0.25) is 0 Å². The zero-order valence-electron chi connectivity index (χ0n) is 7.84. The molecule has 1 rings (SSSR count). The van der Waals surface area contributed by atoms with Crippen molar-refractivity contribution in [3.8, 4) is 0 Å². The van der Waals surface area contributed by atoms with Gasteiger partial charge in [-0.2, -0.15) is 12.6 Å². The highest BCUT2D eigenvalue weighted by Gasteiger charge is 2.11. The van der Waals surface area contributed by atoms with Crippen molar-refractivity contribution in [3.63, 3.8) is 0 Å². The molecule has 0 spiro atoms. The minimum atomic E-state index is 0.894. The van der Waals surface area contributed by atoms with Crippen LogP contribution in [0.25, 0.3) is 0 Å². The minimum Gasteiger partial charge on any atom is -0.175 e. The second-order valence-corrected chi connectivity index (χ2v) is 4.10. The Bertz CT molecular complexity index is 123. The number of thiol groups is 1. The van der Waals surface area contributed by atoms with Crippen molar-refractivity contribution in [1.29, 1.82) is 0 Å². The molecule has 0 bridgehead atoms. The summed E-state index contributed by atoms with van der Waals surface area (Å²) in [6, 6.07) is 0. The number of hydrogen-bond donors (Lipinski definition) is 1. The van der Waals surface area contributed by atoms with Crippen LogP contribution in [0, 0.1) is 5.92 Å². The van der Waals surface area contributed by atoms with Crippen molar-refractivity contribution in [2.75, 3.05) is 5.75 Å². The highest BCUT2D eigenvalue weighted by molar-refractivity contribution is 7.80. The van der Waals surface area contributed by atoms with E-state index < -0.39 is 0 Å². The Morgan fingerprint density at radius 3 is 2.50 bits per heavy atom. The third-order valence-electron chi connectivity index (χ3n) is 2.74. The highest BCUT2D eigenvalue weighted by atomic mass is 32.1. The van der Waals surface area contributed by atoms with Crippen molar-refractivity contribution >= 4 is 12.6 Å². The van der Waals surface area contributed by atoms with E-state index in [-0.39, 0.29) is 0 Å². The third-order valence-corrected chi connectivity index (χ3v) is 2.95. The fraction of sp³-hybridized carbons (Fsp3) is 0.818. The number of allylic oxidation sites excluding steroid dienone is 1. The summed E-state index contributed by atoms with van der Waals surface area (Å²) in [4.78, 5) is 0. The van der Waals surface area contributed by atoms with Gasteiger partial charge in [0.05, 0.1) is 0 Å². The van der Waals surface area contributed by atoms with Gasteiger partial charge in [-0.05, 0) is 18.8 Å². The lowest BCUT2D eigenvalue weighted by atomic mass is 9.86. The molecule has 0 aromatic carbocycles. The van der Waals surface area contributed by atoms with E-state index in [1.807, 2.05) is 0 Å². The molecule has 1 aliphatic carbocycles. The topological polar surface area (TPSA) is 0 Å². The van der Waals surface area contributed by atoms with E-state index >= 15 is 0 Å². The summed E-state index contributed by atoms with van der Waals surface area (Å²) < 4.78 is 0. The first kappa shape index (κ1) is 10.2. The standard InChI is InChI=1S/C11H20S/c12-10-6-2-5-9-11-7-3-1-4-8-11/h2,6,11-12H,1,3-5,7-10H2. The van der Waals surface area contributed by atoms with Crippen molar-refractivity contribution < 1.29 is 0 Å². The molecule has 1 fully saturated rings. The molecule has 0 unspecified atom stereocenters. The number of rotatable bonds is 4. The van der Waals surface area contributed by atoms with Gasteiger partial charge in [-0.1, -0.05) is 44.3 Å². The van der Waals surface area contributed by atoms with Gasteiger partial charge in [-0.15, -0.1) is 0 Å². The molecule has 1 aliphatic rings. The van der Waals surface area contributed by atoms with Crippen molar-refractivity contribution in [1.82, 2.24) is 0 Å². The first-order valence-corrected chi connectivity index (χ1v) is 5.82. The molecule has 0 nitrogen and oxygen atoms in total. The maximum absolute atomic E-state index is 4.13. The molecule has 70 valence electrons. The Morgan fingerprint density at radius 1 is 1.08 bits per heavy atom. The van der Waals surface area contributed by atoms with Gasteiger partial charge in [0.1, 0.15) is 0 Å². The normalized spacial score (nSPS) is 20.4. The van der Waals surface area contributed by atoms with Gasteiger partial charge in [0.25, 0.3) is 0 Å². The Hall–Kier alpha value is 0.0900. The maximum Gasteiger partial charge on any atom is 0.00825 e. The minimum absolute atomic E-state index is 0.894. The van der Waals surface area contributed by atoms with E-state index in [1.165, 1.54) is 44.9 Å². The van der Waals surface area contributed by atoms with Crippen LogP contribution in [0.3, 0.4) is 0 Å². The molecule has 0 aromatic heterocycles. The molecule has 0 saturated heterocycles. The van der Waals surface area contributed by atoms with E-state index in [0.717, 1.165) is 11.7 Å². The van der Waals surface area contributed by atoms with Crippen LogP contribution in [0.15, 0.2) is 12.2 Å². The lowest BCUT2D eigenvalue weighted by Crippen LogP contribution is -2.05. The first-order valence-electron chi connectivity index (χ1n) is 5.19. The van der Waals surface area contributed by atoms with Crippen LogP contribution in [0.5, 0.6) is 0 Å². The fourth-order valence-corrected chi connectivity index (χ4v) is 2.15. The van der Waals surface area contributed by atoms with Crippen LogP contribution < -0.4 is 0 Å². The zero-order chi connectivity index (χ0) is 8.65. The molecule has 0 N–H and O–H groups in total. The maximum atomic E-state index is 4.13. The number of hydrogen-bond acceptors (Lipinski definition) is 1. The summed E-state index contributed by atoms with van der Waals surface area (Å²) >= 11 is 4.13. The van der Waals surface area contributed by atoms with E-state index in [1.54, 1.807) is 0 Å². The van der Waals surface area contributed by atoms with Gasteiger partial charge in [-0.25, -0.2) is 0 Å². The molecule has 0 radical (unpaired) electrons. The summed E-state index contributed by atoms with van der Waals surface area (Å²) in [5, 5.41) is 0. The fourth-order valence-electron chi connectivity index (χ4n) is 2.00. The second kappa shape index (κ2) is 6.59. The van der Waals surface area contributed by atoms with E-state index in [9.17, 15) is 0 Å². The summed E-state index contributed by atoms with van der Waals surface area (Å²) in [5.41, 5.74) is 0. The molecular formula is C11H20S. The molecule has 1 heteroatoms. The van der Waals surface area contributed by atoms with Crippen molar-refractivity contribution in [2.24, 2.45) is 5.92 Å². The SMILES string of the molecule is SCC=CCCC1CCCCC1. The first-order chi connectivity index (χ1) is 5.93. The molecule has 12 heavy (non-hydrogen) atoms. The van der Waals surface area contributed by atoms with Gasteiger partial charge in [-0.3, -0.25) is 0 Å². The predicted molar refractivity (Wildman–Crippen MR) is 58.8 cm³/mol. The summed E-state index contributed by atoms with van der Waals surface area (Å²) in [6.07, 6.45) is 14.5. The average molecular weight is 184 g/mol. The van der Waals surface area contributed by atoms with E-state index in [0.29, 0.717) is 0 Å². The van der Waals surface area contributed by atoms with Crippen LogP contribution >= 0.6 is 12.6 Å². The van der Waals surface area contributed by atoms with Crippen molar-refractivity contribution in [2.45, 2.75) is 44.9 Å². The summed E-state index contributed by atoms with van der Waals surface area (Å²) in [5.74, 6) is 1.92. The van der Waals surface area contributed by atoms with Gasteiger partial charge >= 0.3 is 0 Å². The quantitative estimate of drug-likeness (QED) is 0.498. The van der Waals surface area contributed by atoms with Gasteiger partial charge < -0.3 is 0 Å². The van der Waals surface area contributed by atoms with Crippen LogP contribution in [0.1, 0.15) is 44.9 Å². The molecule has 0 heterocycles. The van der Waals surface area contributed by atoms with Gasteiger partial charge in [0, 0.05) is 5.75 Å². The largest absolute Gasteiger partial charge is 0.175 e. The smallest absolute Gasteiger partial charge is 0.00825 e. The summed E-state index contributed by atoms with van der Waals surface area (Å²) in [7, 11) is 0. The van der Waals surface area contributed by atoms with Crippen molar-refractivity contribution in [3.05, 3.63) is 12.2 Å². The lowest BCUT2D eigenvalue weighted by Gasteiger charge is -2.20. The summed E-state index contributed by atoms with van der Waals surface area (Å²) in [6.45, 7) is 0. The molecule has 1 saturated carbocycles. The van der Waals surface area contributed by atoms with Crippen LogP contribution in [0.4, 0.5) is 0 Å². The lowest BCUT2D eigenvalue weighted by molar-refractivity contribution is 0.341. The molecular weight excluding hydrogens is 164 g/mol. The van der Waals surface area contributed by atoms with Crippen LogP contribution in [-0.4, -0.2) is 5.75 Å². The van der Waals surface area contributed by atoms with E-state index in [2.05, 4.69) is 24.8 Å². The third kappa shape index (κ3) is 4.20. The van der Waals surface area contributed by atoms with Gasteiger partial charge in [0.15, 0.2) is 0 Å². The molecule has 0 amide bonds. The molecule has 0 atom stereocenters.